The number of rotatable bonds is 7. The van der Waals surface area contributed by atoms with Gasteiger partial charge in [-0.3, -0.25) is 14.2 Å². The van der Waals surface area contributed by atoms with Crippen LogP contribution in [0.1, 0.15) is 47.0 Å². The maximum absolute atomic E-state index is 13.3. The summed E-state index contributed by atoms with van der Waals surface area (Å²) < 4.78 is 3.68. The van der Waals surface area contributed by atoms with Gasteiger partial charge >= 0.3 is 0 Å². The molecule has 0 fully saturated rings. The SMILES string of the molecule is CCn1c(SCC(=O)c2cn(CCC#N)c3ccccc23)nc2sc3c(c2c1=O)CCCC3. The molecule has 0 bridgehead atoms. The number of carbonyl (C=O) groups is 1. The standard InChI is InChI=1S/C25H24N4O2S2/c1-2-29-24(31)22-17-9-4-6-11-21(17)33-23(22)27-25(29)32-15-20(30)18-14-28(13-7-12-26)19-10-5-3-8-16(18)19/h3,5,8,10,14H,2,4,6-7,9,11,13,15H2,1H3. The summed E-state index contributed by atoms with van der Waals surface area (Å²) in [6, 6.07) is 9.94. The number of ketones is 1. The Morgan fingerprint density at radius 1 is 1.27 bits per heavy atom. The highest BCUT2D eigenvalue weighted by molar-refractivity contribution is 7.99. The Labute approximate surface area is 199 Å². The molecule has 8 heteroatoms. The topological polar surface area (TPSA) is 80.7 Å². The Balaban J connectivity index is 1.46. The number of benzene rings is 1. The minimum atomic E-state index is -0.00520. The fourth-order valence-corrected chi connectivity index (χ4v) is 6.89. The van der Waals surface area contributed by atoms with Crippen LogP contribution in [0, 0.1) is 11.3 Å². The molecule has 0 saturated carbocycles. The second-order valence-electron chi connectivity index (χ2n) is 8.21. The van der Waals surface area contributed by atoms with Crippen molar-refractivity contribution in [2.24, 2.45) is 0 Å². The number of nitrogens with zero attached hydrogens (tertiary/aromatic N) is 4. The van der Waals surface area contributed by atoms with Crippen LogP contribution in [0.3, 0.4) is 0 Å². The van der Waals surface area contributed by atoms with Crippen molar-refractivity contribution >= 4 is 50.0 Å². The zero-order valence-electron chi connectivity index (χ0n) is 18.5. The lowest BCUT2D eigenvalue weighted by Gasteiger charge is -2.12. The highest BCUT2D eigenvalue weighted by Crippen LogP contribution is 2.35. The lowest BCUT2D eigenvalue weighted by atomic mass is 9.97. The predicted octanol–water partition coefficient (Wildman–Crippen LogP) is 5.20. The van der Waals surface area contributed by atoms with Gasteiger partial charge in [-0.25, -0.2) is 4.98 Å². The molecule has 0 radical (unpaired) electrons. The van der Waals surface area contributed by atoms with Crippen molar-refractivity contribution in [3.8, 4) is 6.07 Å². The van der Waals surface area contributed by atoms with Crippen LogP contribution in [0.2, 0.25) is 0 Å². The van der Waals surface area contributed by atoms with Crippen molar-refractivity contribution in [3.05, 3.63) is 56.8 Å². The van der Waals surface area contributed by atoms with Crippen LogP contribution in [0.5, 0.6) is 0 Å². The molecular formula is C25H24N4O2S2. The number of hydrogen-bond donors (Lipinski definition) is 0. The van der Waals surface area contributed by atoms with Gasteiger partial charge in [0.2, 0.25) is 0 Å². The first-order valence-corrected chi connectivity index (χ1v) is 13.1. The number of carbonyl (C=O) groups excluding carboxylic acids is 1. The van der Waals surface area contributed by atoms with Gasteiger partial charge in [0.15, 0.2) is 10.9 Å². The van der Waals surface area contributed by atoms with Crippen LogP contribution in [-0.2, 0) is 25.9 Å². The molecule has 0 unspecified atom stereocenters. The van der Waals surface area contributed by atoms with Gasteiger partial charge in [0.1, 0.15) is 4.83 Å². The Hall–Kier alpha value is -2.89. The second kappa shape index (κ2) is 9.16. The summed E-state index contributed by atoms with van der Waals surface area (Å²) in [6.45, 7) is 3.02. The zero-order valence-corrected chi connectivity index (χ0v) is 20.1. The largest absolute Gasteiger partial charge is 0.346 e. The van der Waals surface area contributed by atoms with Gasteiger partial charge in [0.25, 0.3) is 5.56 Å². The number of thioether (sulfide) groups is 1. The molecule has 0 spiro atoms. The number of hydrogen-bond acceptors (Lipinski definition) is 6. The molecule has 1 aliphatic rings. The van der Waals surface area contributed by atoms with E-state index in [2.05, 4.69) is 6.07 Å². The Morgan fingerprint density at radius 3 is 2.91 bits per heavy atom. The monoisotopic (exact) mass is 476 g/mol. The van der Waals surface area contributed by atoms with E-state index in [4.69, 9.17) is 10.2 Å². The van der Waals surface area contributed by atoms with Gasteiger partial charge in [-0.05, 0) is 44.2 Å². The van der Waals surface area contributed by atoms with E-state index in [1.165, 1.54) is 28.6 Å². The van der Waals surface area contributed by atoms with Gasteiger partial charge in [-0.1, -0.05) is 30.0 Å². The summed E-state index contributed by atoms with van der Waals surface area (Å²) in [4.78, 5) is 33.5. The summed E-state index contributed by atoms with van der Waals surface area (Å²) in [5.74, 6) is 0.198. The van der Waals surface area contributed by atoms with E-state index in [1.54, 1.807) is 15.9 Å². The zero-order chi connectivity index (χ0) is 22.9. The van der Waals surface area contributed by atoms with Gasteiger partial charge in [-0.2, -0.15) is 5.26 Å². The normalized spacial score (nSPS) is 13.3. The van der Waals surface area contributed by atoms with E-state index in [0.29, 0.717) is 30.2 Å². The molecule has 0 N–H and O–H groups in total. The van der Waals surface area contributed by atoms with Crippen molar-refractivity contribution < 1.29 is 4.79 Å². The number of aromatic nitrogens is 3. The van der Waals surface area contributed by atoms with Crippen LogP contribution in [-0.4, -0.2) is 25.7 Å². The van der Waals surface area contributed by atoms with Crippen LogP contribution in [0.4, 0.5) is 0 Å². The van der Waals surface area contributed by atoms with Crippen LogP contribution in [0.15, 0.2) is 40.4 Å². The molecule has 4 aromatic rings. The molecule has 1 aliphatic carbocycles. The third-order valence-electron chi connectivity index (χ3n) is 6.24. The molecule has 3 heterocycles. The number of aryl methyl sites for hydroxylation is 3. The first-order chi connectivity index (χ1) is 16.1. The Kier molecular flexibility index (Phi) is 6.09. The number of thiophene rings is 1. The third kappa shape index (κ3) is 3.90. The van der Waals surface area contributed by atoms with E-state index >= 15 is 0 Å². The maximum Gasteiger partial charge on any atom is 0.263 e. The predicted molar refractivity (Wildman–Crippen MR) is 133 cm³/mol. The van der Waals surface area contributed by atoms with Crippen molar-refractivity contribution in [2.45, 2.75) is 57.3 Å². The number of fused-ring (bicyclic) bond motifs is 4. The molecule has 0 amide bonds. The number of Topliss-reactive ketones (excluding diaryl/α,β-unsaturated/α-hetero) is 1. The third-order valence-corrected chi connectivity index (χ3v) is 8.40. The molecule has 0 atom stereocenters. The van der Waals surface area contributed by atoms with Crippen molar-refractivity contribution in [1.82, 2.24) is 14.1 Å². The maximum atomic E-state index is 13.3. The highest BCUT2D eigenvalue weighted by atomic mass is 32.2. The van der Waals surface area contributed by atoms with Crippen molar-refractivity contribution in [1.29, 1.82) is 5.26 Å². The summed E-state index contributed by atoms with van der Waals surface area (Å²) in [7, 11) is 0. The van der Waals surface area contributed by atoms with E-state index in [9.17, 15) is 9.59 Å². The van der Waals surface area contributed by atoms with Crippen molar-refractivity contribution in [2.75, 3.05) is 5.75 Å². The fraction of sp³-hybridized carbons (Fsp3) is 0.360. The number of nitriles is 1. The molecule has 1 aromatic carbocycles. The lowest BCUT2D eigenvalue weighted by Crippen LogP contribution is -2.23. The van der Waals surface area contributed by atoms with E-state index in [-0.39, 0.29) is 17.1 Å². The Bertz CT molecular complexity index is 1470. The average Bonchev–Trinajstić information content (AvgIpc) is 3.40. The van der Waals surface area contributed by atoms with Gasteiger partial charge in [0, 0.05) is 40.6 Å². The number of para-hydroxylation sites is 1. The van der Waals surface area contributed by atoms with Gasteiger partial charge in [-0.15, -0.1) is 11.3 Å². The van der Waals surface area contributed by atoms with Crippen LogP contribution in [0.25, 0.3) is 21.1 Å². The minimum Gasteiger partial charge on any atom is -0.346 e. The summed E-state index contributed by atoms with van der Waals surface area (Å²) in [5.41, 5.74) is 2.81. The fourth-order valence-electron chi connectivity index (χ4n) is 4.64. The van der Waals surface area contributed by atoms with Crippen LogP contribution < -0.4 is 5.56 Å². The highest BCUT2D eigenvalue weighted by Gasteiger charge is 2.23. The first kappa shape index (κ1) is 21.9. The molecule has 33 heavy (non-hydrogen) atoms. The van der Waals surface area contributed by atoms with E-state index in [1.807, 2.05) is 42.0 Å². The summed E-state index contributed by atoms with van der Waals surface area (Å²) in [6.07, 6.45) is 6.51. The molecule has 5 rings (SSSR count). The minimum absolute atomic E-state index is 0.00520. The lowest BCUT2D eigenvalue weighted by molar-refractivity contribution is 0.102. The van der Waals surface area contributed by atoms with E-state index < -0.39 is 0 Å². The molecule has 0 saturated heterocycles. The van der Waals surface area contributed by atoms with Crippen LogP contribution >= 0.6 is 23.1 Å². The first-order valence-electron chi connectivity index (χ1n) is 11.3. The molecular weight excluding hydrogens is 452 g/mol. The smallest absolute Gasteiger partial charge is 0.263 e. The molecule has 3 aromatic heterocycles. The summed E-state index contributed by atoms with van der Waals surface area (Å²) in [5, 5.41) is 11.2. The average molecular weight is 477 g/mol. The van der Waals surface area contributed by atoms with Gasteiger partial charge < -0.3 is 4.57 Å². The molecule has 6 nitrogen and oxygen atoms in total. The summed E-state index contributed by atoms with van der Waals surface area (Å²) >= 11 is 2.97. The van der Waals surface area contributed by atoms with E-state index in [0.717, 1.165) is 40.4 Å². The second-order valence-corrected chi connectivity index (χ2v) is 10.2. The quantitative estimate of drug-likeness (QED) is 0.208. The van der Waals surface area contributed by atoms with Crippen molar-refractivity contribution in [3.63, 3.8) is 0 Å². The molecule has 168 valence electrons. The molecule has 0 aliphatic heterocycles. The van der Waals surface area contributed by atoms with Gasteiger partial charge in [0.05, 0.1) is 23.6 Å². The Morgan fingerprint density at radius 2 is 2.09 bits per heavy atom.